The molecule has 36 heavy (non-hydrogen) atoms. The smallest absolute Gasteiger partial charge is 0.314 e. The van der Waals surface area contributed by atoms with Crippen molar-refractivity contribution in [2.45, 2.75) is 44.4 Å². The Morgan fingerprint density at radius 1 is 1.11 bits per heavy atom. The van der Waals surface area contributed by atoms with Crippen LogP contribution in [0.5, 0.6) is 0 Å². The van der Waals surface area contributed by atoms with Gasteiger partial charge < -0.3 is 25.6 Å². The van der Waals surface area contributed by atoms with Crippen molar-refractivity contribution >= 4 is 52.4 Å². The van der Waals surface area contributed by atoms with Gasteiger partial charge in [-0.3, -0.25) is 19.2 Å². The summed E-state index contributed by atoms with van der Waals surface area (Å²) < 4.78 is 5.43. The van der Waals surface area contributed by atoms with Crippen molar-refractivity contribution in [3.63, 3.8) is 0 Å². The third-order valence-corrected chi connectivity index (χ3v) is 7.43. The number of hydrogen-bond acceptors (Lipinski definition) is 8. The molecule has 192 valence electrons. The topological polar surface area (TPSA) is 143 Å². The van der Waals surface area contributed by atoms with E-state index in [1.54, 1.807) is 20.2 Å². The molecule has 4 rings (SSSR count). The van der Waals surface area contributed by atoms with Crippen molar-refractivity contribution in [1.29, 1.82) is 0 Å². The van der Waals surface area contributed by atoms with Gasteiger partial charge in [-0.1, -0.05) is 11.6 Å². The van der Waals surface area contributed by atoms with Gasteiger partial charge in [-0.25, -0.2) is 9.97 Å². The van der Waals surface area contributed by atoms with Gasteiger partial charge in [0, 0.05) is 38.7 Å². The van der Waals surface area contributed by atoms with Gasteiger partial charge in [0.1, 0.15) is 5.82 Å². The van der Waals surface area contributed by atoms with Crippen molar-refractivity contribution in [1.82, 2.24) is 25.5 Å². The second-order valence-corrected chi connectivity index (χ2v) is 10.4. The summed E-state index contributed by atoms with van der Waals surface area (Å²) in [5.41, 5.74) is 0.859. The Bertz CT molecular complexity index is 1130. The summed E-state index contributed by atoms with van der Waals surface area (Å²) in [7, 11) is 3.36. The first-order valence-electron chi connectivity index (χ1n) is 11.5. The summed E-state index contributed by atoms with van der Waals surface area (Å²) in [6.45, 7) is 0.996. The summed E-state index contributed by atoms with van der Waals surface area (Å²) in [6.07, 6.45) is 3.25. The van der Waals surface area contributed by atoms with Crippen LogP contribution in [0.4, 0.5) is 5.82 Å². The molecule has 0 saturated heterocycles. The van der Waals surface area contributed by atoms with Crippen LogP contribution in [0, 0.1) is 5.92 Å². The van der Waals surface area contributed by atoms with Gasteiger partial charge >= 0.3 is 11.8 Å². The Morgan fingerprint density at radius 3 is 2.61 bits per heavy atom. The third kappa shape index (κ3) is 6.18. The monoisotopic (exact) mass is 534 g/mol. The highest BCUT2D eigenvalue weighted by molar-refractivity contribution is 7.13. The molecule has 11 nitrogen and oxygen atoms in total. The zero-order valence-corrected chi connectivity index (χ0v) is 21.4. The van der Waals surface area contributed by atoms with Crippen LogP contribution >= 0.6 is 22.9 Å². The van der Waals surface area contributed by atoms with Gasteiger partial charge in [0.05, 0.1) is 34.8 Å². The van der Waals surface area contributed by atoms with E-state index in [0.717, 1.165) is 10.6 Å². The maximum absolute atomic E-state index is 13.1. The van der Waals surface area contributed by atoms with Gasteiger partial charge in [-0.2, -0.15) is 0 Å². The standard InChI is InChI=1S/C23H27ClN6O5S/c1-30(2)23(34)12-3-5-14(26-19(31)20(32)29-18-6-4-13(24)10-25-18)16(9-12)27-21(33)22-28-15-7-8-35-11-17(15)36-22/h4,6,10,12,14,16H,3,5,7-9,11H2,1-2H3,(H,26,31)(H,27,33)(H,25,29,32)/t12-,14-,16+/m0/s1. The van der Waals surface area contributed by atoms with E-state index in [-0.39, 0.29) is 23.6 Å². The van der Waals surface area contributed by atoms with Crippen molar-refractivity contribution in [2.24, 2.45) is 5.92 Å². The molecule has 13 heteroatoms. The molecule has 0 aromatic carbocycles. The van der Waals surface area contributed by atoms with Crippen molar-refractivity contribution < 1.29 is 23.9 Å². The second-order valence-electron chi connectivity index (χ2n) is 8.91. The minimum Gasteiger partial charge on any atom is -0.375 e. The molecule has 0 bridgehead atoms. The molecular weight excluding hydrogens is 508 g/mol. The number of amides is 4. The largest absolute Gasteiger partial charge is 0.375 e. The highest BCUT2D eigenvalue weighted by atomic mass is 35.5. The predicted molar refractivity (Wildman–Crippen MR) is 133 cm³/mol. The number of fused-ring (bicyclic) bond motifs is 1. The number of halogens is 1. The molecule has 1 saturated carbocycles. The first-order valence-corrected chi connectivity index (χ1v) is 12.7. The van der Waals surface area contributed by atoms with Crippen molar-refractivity contribution in [3.8, 4) is 0 Å². The normalized spacial score (nSPS) is 21.1. The van der Waals surface area contributed by atoms with Crippen LogP contribution in [0.25, 0.3) is 0 Å². The molecule has 3 N–H and O–H groups in total. The van der Waals surface area contributed by atoms with Gasteiger partial charge in [0.25, 0.3) is 5.91 Å². The third-order valence-electron chi connectivity index (χ3n) is 6.14. The summed E-state index contributed by atoms with van der Waals surface area (Å²) in [5.74, 6) is -2.33. The highest BCUT2D eigenvalue weighted by Gasteiger charge is 2.37. The molecule has 1 aliphatic carbocycles. The lowest BCUT2D eigenvalue weighted by Crippen LogP contribution is -2.57. The molecule has 0 unspecified atom stereocenters. The van der Waals surface area contributed by atoms with Crippen LogP contribution in [0.2, 0.25) is 5.02 Å². The Balaban J connectivity index is 1.45. The minimum absolute atomic E-state index is 0.0487. The molecule has 2 aromatic rings. The quantitative estimate of drug-likeness (QED) is 0.492. The lowest BCUT2D eigenvalue weighted by molar-refractivity contribution is -0.137. The second kappa shape index (κ2) is 11.3. The average molecular weight is 535 g/mol. The number of carbonyl (C=O) groups is 4. The number of nitrogens with one attached hydrogen (secondary N) is 3. The molecule has 4 amide bonds. The molecule has 2 aromatic heterocycles. The predicted octanol–water partition coefficient (Wildman–Crippen LogP) is 1.37. The average Bonchev–Trinajstić information content (AvgIpc) is 3.30. The van der Waals surface area contributed by atoms with Gasteiger partial charge in [-0.05, 0) is 31.4 Å². The molecule has 3 heterocycles. The number of carbonyl (C=O) groups excluding carboxylic acids is 4. The maximum Gasteiger partial charge on any atom is 0.314 e. The number of hydrogen-bond donors (Lipinski definition) is 3. The number of aromatic nitrogens is 2. The van der Waals surface area contributed by atoms with Crippen molar-refractivity contribution in [2.75, 3.05) is 26.0 Å². The molecule has 0 radical (unpaired) electrons. The molecule has 1 aliphatic heterocycles. The van der Waals surface area contributed by atoms with E-state index >= 15 is 0 Å². The van der Waals surface area contributed by atoms with E-state index in [1.807, 2.05) is 0 Å². The lowest BCUT2D eigenvalue weighted by Gasteiger charge is -2.37. The first-order chi connectivity index (χ1) is 17.2. The van der Waals surface area contributed by atoms with Gasteiger partial charge in [0.15, 0.2) is 5.01 Å². The van der Waals surface area contributed by atoms with Gasteiger partial charge in [-0.15, -0.1) is 11.3 Å². The van der Waals surface area contributed by atoms with E-state index in [9.17, 15) is 19.2 Å². The van der Waals surface area contributed by atoms with E-state index in [2.05, 4.69) is 25.9 Å². The van der Waals surface area contributed by atoms with Crippen LogP contribution in [-0.4, -0.2) is 71.3 Å². The molecule has 1 fully saturated rings. The Morgan fingerprint density at radius 2 is 1.92 bits per heavy atom. The SMILES string of the molecule is CN(C)C(=O)[C@H]1CC[C@H](NC(=O)C(=O)Nc2ccc(Cl)cn2)[C@H](NC(=O)c2nc3c(s2)COCC3)C1. The fraction of sp³-hybridized carbons (Fsp3) is 0.478. The fourth-order valence-corrected chi connectivity index (χ4v) is 5.36. The Labute approximate surface area is 217 Å². The lowest BCUT2D eigenvalue weighted by atomic mass is 9.81. The van der Waals surface area contributed by atoms with E-state index < -0.39 is 23.9 Å². The van der Waals surface area contributed by atoms with Gasteiger partial charge in [0.2, 0.25) is 5.91 Å². The molecule has 3 atom stereocenters. The van der Waals surface area contributed by atoms with Crippen LogP contribution in [0.1, 0.15) is 39.6 Å². The number of pyridine rings is 1. The summed E-state index contributed by atoms with van der Waals surface area (Å²) in [6, 6.07) is 1.91. The summed E-state index contributed by atoms with van der Waals surface area (Å²) >= 11 is 7.07. The number of thiazole rings is 1. The molecule has 0 spiro atoms. The van der Waals surface area contributed by atoms with Crippen LogP contribution in [0.15, 0.2) is 18.3 Å². The summed E-state index contributed by atoms with van der Waals surface area (Å²) in [5, 5.41) is 8.78. The zero-order chi connectivity index (χ0) is 25.8. The van der Waals surface area contributed by atoms with Crippen LogP contribution in [0.3, 0.4) is 0 Å². The summed E-state index contributed by atoms with van der Waals surface area (Å²) in [4.78, 5) is 61.6. The Hall–Kier alpha value is -3.09. The maximum atomic E-state index is 13.1. The Kier molecular flexibility index (Phi) is 8.17. The number of ether oxygens (including phenoxy) is 1. The molecule has 2 aliphatic rings. The number of anilines is 1. The highest BCUT2D eigenvalue weighted by Crippen LogP contribution is 2.28. The van der Waals surface area contributed by atoms with Crippen LogP contribution in [-0.2, 0) is 32.1 Å². The first kappa shape index (κ1) is 26.0. The van der Waals surface area contributed by atoms with Crippen LogP contribution < -0.4 is 16.0 Å². The number of rotatable bonds is 5. The zero-order valence-electron chi connectivity index (χ0n) is 19.9. The van der Waals surface area contributed by atoms with E-state index in [1.165, 1.54) is 28.5 Å². The van der Waals surface area contributed by atoms with E-state index in [0.29, 0.717) is 48.9 Å². The fourth-order valence-electron chi connectivity index (χ4n) is 4.30. The van der Waals surface area contributed by atoms with Crippen molar-refractivity contribution in [3.05, 3.63) is 38.9 Å². The molecular formula is C23H27ClN6O5S. The number of nitrogens with zero attached hydrogens (tertiary/aromatic N) is 3. The minimum atomic E-state index is -0.894. The van der Waals surface area contributed by atoms with E-state index in [4.69, 9.17) is 16.3 Å².